The molecule has 0 spiro atoms. The fourth-order valence-electron chi connectivity index (χ4n) is 1.50. The van der Waals surface area contributed by atoms with Crippen LogP contribution in [0.3, 0.4) is 0 Å². The first-order chi connectivity index (χ1) is 9.04. The Balaban J connectivity index is 3.18. The average molecular weight is 264 g/mol. The van der Waals surface area contributed by atoms with Crippen molar-refractivity contribution in [3.63, 3.8) is 0 Å². The fourth-order valence-corrected chi connectivity index (χ4v) is 1.50. The van der Waals surface area contributed by atoms with Crippen molar-refractivity contribution in [1.82, 2.24) is 0 Å². The lowest BCUT2D eigenvalue weighted by Crippen LogP contribution is -2.21. The molecule has 8 nitrogen and oxygen atoms in total. The number of nitriles is 1. The second-order valence-corrected chi connectivity index (χ2v) is 3.65. The van der Waals surface area contributed by atoms with Gasteiger partial charge in [0.1, 0.15) is 6.10 Å². The molecule has 2 atom stereocenters. The van der Waals surface area contributed by atoms with Crippen molar-refractivity contribution in [2.75, 3.05) is 13.7 Å². The van der Waals surface area contributed by atoms with Crippen molar-refractivity contribution in [2.45, 2.75) is 12.2 Å². The summed E-state index contributed by atoms with van der Waals surface area (Å²) in [5.74, 6) is -0.377. The van der Waals surface area contributed by atoms with Gasteiger partial charge in [0, 0.05) is 16.5 Å². The van der Waals surface area contributed by atoms with Crippen LogP contribution in [0.5, 0.6) is 11.5 Å². The molecule has 2 unspecified atom stereocenters. The van der Waals surface area contributed by atoms with Gasteiger partial charge in [-0.05, 0) is 11.6 Å². The molecule has 19 heavy (non-hydrogen) atoms. The molecule has 0 bridgehead atoms. The number of phenols is 1. The lowest BCUT2D eigenvalue weighted by molar-refractivity contribution is 0.0228. The number of aromatic hydroxyl groups is 1. The Kier molecular flexibility index (Phi) is 4.97. The average Bonchev–Trinajstić information content (AvgIpc) is 2.44. The highest BCUT2D eigenvalue weighted by Gasteiger charge is 2.23. The summed E-state index contributed by atoms with van der Waals surface area (Å²) < 4.78 is 4.86. The minimum absolute atomic E-state index is 0.00378. The van der Waals surface area contributed by atoms with Gasteiger partial charge < -0.3 is 20.1 Å². The fraction of sp³-hybridized carbons (Fsp3) is 0.364. The van der Waals surface area contributed by atoms with Crippen molar-refractivity contribution in [2.24, 2.45) is 5.11 Å². The molecule has 0 saturated heterocycles. The van der Waals surface area contributed by atoms with Gasteiger partial charge in [0.05, 0.1) is 31.4 Å². The van der Waals surface area contributed by atoms with E-state index in [1.54, 1.807) is 0 Å². The second kappa shape index (κ2) is 6.47. The topological polar surface area (TPSA) is 142 Å². The Morgan fingerprint density at radius 1 is 1.53 bits per heavy atom. The predicted octanol–water partition coefficient (Wildman–Crippen LogP) is 0.977. The summed E-state index contributed by atoms with van der Waals surface area (Å²) in [4.78, 5) is 2.46. The molecule has 0 heterocycles. The number of hydrogen-bond acceptors (Lipinski definition) is 6. The van der Waals surface area contributed by atoms with Gasteiger partial charge in [-0.15, -0.1) is 0 Å². The molecule has 0 aromatic heterocycles. The van der Waals surface area contributed by atoms with Crippen LogP contribution in [0.4, 0.5) is 0 Å². The first-order valence-electron chi connectivity index (χ1n) is 5.23. The minimum Gasteiger partial charge on any atom is -0.504 e. The van der Waals surface area contributed by atoms with E-state index >= 15 is 0 Å². The van der Waals surface area contributed by atoms with Crippen molar-refractivity contribution < 1.29 is 20.1 Å². The summed E-state index contributed by atoms with van der Waals surface area (Å²) in [6.45, 7) is -0.365. The van der Waals surface area contributed by atoms with E-state index in [-0.39, 0.29) is 29.2 Å². The molecule has 0 aliphatic heterocycles. The molecule has 1 aromatic carbocycles. The molecular weight excluding hydrogens is 252 g/mol. The molecule has 100 valence electrons. The van der Waals surface area contributed by atoms with Crippen LogP contribution in [0.15, 0.2) is 17.2 Å². The van der Waals surface area contributed by atoms with Crippen molar-refractivity contribution >= 4 is 0 Å². The number of phenolic OH excluding ortho intramolecular Hbond substituents is 1. The SMILES string of the molecule is COc1cc(C#N)cc(C(O)C(O)CN=[N+]=[N-])c1O. The Bertz CT molecular complexity index is 548. The number of rotatable bonds is 5. The zero-order chi connectivity index (χ0) is 14.4. The molecule has 0 aliphatic carbocycles. The maximum Gasteiger partial charge on any atom is 0.163 e. The summed E-state index contributed by atoms with van der Waals surface area (Å²) in [6.07, 6.45) is -2.91. The molecule has 1 aromatic rings. The highest BCUT2D eigenvalue weighted by molar-refractivity contribution is 5.52. The van der Waals surface area contributed by atoms with E-state index in [0.717, 1.165) is 0 Å². The normalized spacial score (nSPS) is 12.9. The zero-order valence-electron chi connectivity index (χ0n) is 10.1. The van der Waals surface area contributed by atoms with E-state index in [4.69, 9.17) is 15.5 Å². The lowest BCUT2D eigenvalue weighted by atomic mass is 10.0. The predicted molar refractivity (Wildman–Crippen MR) is 64.4 cm³/mol. The van der Waals surface area contributed by atoms with Gasteiger partial charge in [-0.2, -0.15) is 5.26 Å². The highest BCUT2D eigenvalue weighted by Crippen LogP contribution is 2.36. The maximum absolute atomic E-state index is 9.88. The van der Waals surface area contributed by atoms with Crippen LogP contribution in [-0.4, -0.2) is 35.1 Å². The second-order valence-electron chi connectivity index (χ2n) is 3.65. The Morgan fingerprint density at radius 2 is 2.21 bits per heavy atom. The minimum atomic E-state index is -1.51. The number of aliphatic hydroxyl groups excluding tert-OH is 2. The molecular formula is C11H12N4O4. The zero-order valence-corrected chi connectivity index (χ0v) is 10.1. The molecule has 0 saturated carbocycles. The number of aliphatic hydroxyl groups is 2. The van der Waals surface area contributed by atoms with Crippen molar-refractivity contribution in [1.29, 1.82) is 5.26 Å². The number of benzene rings is 1. The maximum atomic E-state index is 9.88. The molecule has 0 aliphatic rings. The van der Waals surface area contributed by atoms with Crippen LogP contribution in [0.1, 0.15) is 17.2 Å². The number of nitrogens with zero attached hydrogens (tertiary/aromatic N) is 4. The van der Waals surface area contributed by atoms with Gasteiger partial charge in [-0.1, -0.05) is 5.11 Å². The van der Waals surface area contributed by atoms with Crippen LogP contribution in [0.25, 0.3) is 10.4 Å². The largest absolute Gasteiger partial charge is 0.504 e. The van der Waals surface area contributed by atoms with E-state index in [2.05, 4.69) is 10.0 Å². The molecule has 8 heteroatoms. The Labute approximate surface area is 108 Å². The molecule has 0 amide bonds. The smallest absolute Gasteiger partial charge is 0.163 e. The van der Waals surface area contributed by atoms with Gasteiger partial charge >= 0.3 is 0 Å². The van der Waals surface area contributed by atoms with E-state index in [0.29, 0.717) is 0 Å². The Morgan fingerprint density at radius 3 is 2.74 bits per heavy atom. The van der Waals surface area contributed by atoms with E-state index in [9.17, 15) is 15.3 Å². The van der Waals surface area contributed by atoms with Gasteiger partial charge in [0.25, 0.3) is 0 Å². The van der Waals surface area contributed by atoms with E-state index < -0.39 is 12.2 Å². The van der Waals surface area contributed by atoms with Crippen LogP contribution < -0.4 is 4.74 Å². The molecule has 0 radical (unpaired) electrons. The van der Waals surface area contributed by atoms with Crippen LogP contribution >= 0.6 is 0 Å². The third-order valence-corrected chi connectivity index (χ3v) is 2.47. The molecule has 1 rings (SSSR count). The number of hydrogen-bond donors (Lipinski definition) is 3. The summed E-state index contributed by atoms with van der Waals surface area (Å²) in [5, 5.41) is 41.3. The number of methoxy groups -OCH3 is 1. The van der Waals surface area contributed by atoms with Crippen molar-refractivity contribution in [3.8, 4) is 17.6 Å². The van der Waals surface area contributed by atoms with Gasteiger partial charge in [-0.3, -0.25) is 0 Å². The summed E-state index contributed by atoms with van der Waals surface area (Å²) >= 11 is 0. The van der Waals surface area contributed by atoms with Crippen LogP contribution in [0.2, 0.25) is 0 Å². The molecule has 3 N–H and O–H groups in total. The van der Waals surface area contributed by atoms with Crippen LogP contribution in [-0.2, 0) is 0 Å². The first kappa shape index (κ1) is 14.6. The lowest BCUT2D eigenvalue weighted by Gasteiger charge is -2.18. The quantitative estimate of drug-likeness (QED) is 0.412. The molecule has 0 fully saturated rings. The van der Waals surface area contributed by atoms with Gasteiger partial charge in [0.15, 0.2) is 11.5 Å². The summed E-state index contributed by atoms with van der Waals surface area (Å²) in [6, 6.07) is 4.36. The number of azide groups is 1. The van der Waals surface area contributed by atoms with Gasteiger partial charge in [0.2, 0.25) is 0 Å². The van der Waals surface area contributed by atoms with E-state index in [1.807, 2.05) is 6.07 Å². The third kappa shape index (κ3) is 3.26. The standard InChI is InChI=1S/C11H12N4O4/c1-19-9-3-6(4-12)2-7(11(9)18)10(17)8(16)5-14-15-13/h2-3,8,10,16-18H,5H2,1H3. The monoisotopic (exact) mass is 264 g/mol. The van der Waals surface area contributed by atoms with Gasteiger partial charge in [-0.25, -0.2) is 0 Å². The van der Waals surface area contributed by atoms with Crippen LogP contribution in [0, 0.1) is 11.3 Å². The summed E-state index contributed by atoms with van der Waals surface area (Å²) in [7, 11) is 1.29. The van der Waals surface area contributed by atoms with E-state index in [1.165, 1.54) is 19.2 Å². The third-order valence-electron chi connectivity index (χ3n) is 2.47. The van der Waals surface area contributed by atoms with Crippen molar-refractivity contribution in [3.05, 3.63) is 33.7 Å². The highest BCUT2D eigenvalue weighted by atomic mass is 16.5. The summed E-state index contributed by atoms with van der Waals surface area (Å²) in [5.41, 5.74) is 8.22. The Hall–Kier alpha value is -2.46. The number of ether oxygens (including phenoxy) is 1. The first-order valence-corrected chi connectivity index (χ1v) is 5.23.